The number of ether oxygens (including phenoxy) is 1. The molecule has 0 fully saturated rings. The molecule has 0 unspecified atom stereocenters. The average molecular weight is 258 g/mol. The van der Waals surface area contributed by atoms with Gasteiger partial charge in [-0.2, -0.15) is 9.37 Å². The highest BCUT2D eigenvalue weighted by Gasteiger charge is 2.11. The quantitative estimate of drug-likeness (QED) is 0.899. The van der Waals surface area contributed by atoms with Crippen LogP contribution in [0.3, 0.4) is 0 Å². The van der Waals surface area contributed by atoms with Crippen LogP contribution in [0.1, 0.15) is 0 Å². The number of benzene rings is 1. The second kappa shape index (κ2) is 4.50. The first-order valence-electron chi connectivity index (χ1n) is 4.47. The van der Waals surface area contributed by atoms with Crippen LogP contribution in [-0.4, -0.2) is 9.97 Å². The lowest BCUT2D eigenvalue weighted by atomic mass is 10.3. The molecule has 7 heteroatoms. The maximum Gasteiger partial charge on any atom is 0.260 e. The summed E-state index contributed by atoms with van der Waals surface area (Å²) in [5, 5.41) is 0.206. The zero-order valence-corrected chi connectivity index (χ0v) is 9.08. The third-order valence-corrected chi connectivity index (χ3v) is 2.07. The van der Waals surface area contributed by atoms with Gasteiger partial charge in [-0.1, -0.05) is 11.6 Å². The topological polar surface area (TPSA) is 61.0 Å². The Morgan fingerprint density at radius 1 is 1.24 bits per heavy atom. The third kappa shape index (κ3) is 2.59. The van der Waals surface area contributed by atoms with Gasteiger partial charge in [0, 0.05) is 5.02 Å². The summed E-state index contributed by atoms with van der Waals surface area (Å²) < 4.78 is 31.5. The lowest BCUT2D eigenvalue weighted by Crippen LogP contribution is -2.00. The molecule has 1 aromatic heterocycles. The predicted molar refractivity (Wildman–Crippen MR) is 57.9 cm³/mol. The lowest BCUT2D eigenvalue weighted by Gasteiger charge is -2.06. The molecule has 4 nitrogen and oxygen atoms in total. The molecule has 0 radical (unpaired) electrons. The van der Waals surface area contributed by atoms with Crippen LogP contribution in [0.5, 0.6) is 11.6 Å². The highest BCUT2D eigenvalue weighted by molar-refractivity contribution is 6.30. The maximum absolute atomic E-state index is 13.4. The van der Waals surface area contributed by atoms with E-state index in [0.717, 1.165) is 12.3 Å². The van der Waals surface area contributed by atoms with Gasteiger partial charge in [-0.05, 0) is 18.2 Å². The van der Waals surface area contributed by atoms with E-state index in [2.05, 4.69) is 9.97 Å². The number of aromatic nitrogens is 2. The summed E-state index contributed by atoms with van der Waals surface area (Å²) >= 11 is 5.56. The molecule has 0 spiro atoms. The summed E-state index contributed by atoms with van der Waals surface area (Å²) in [6.07, 6.45) is 0.839. The summed E-state index contributed by atoms with van der Waals surface area (Å²) in [6, 6.07) is 3.71. The molecule has 2 aromatic rings. The SMILES string of the molecule is Nc1ncc(F)c(Oc2ccc(Cl)cc2F)n1. The van der Waals surface area contributed by atoms with Crippen LogP contribution < -0.4 is 10.5 Å². The summed E-state index contributed by atoms with van der Waals surface area (Å²) in [4.78, 5) is 6.92. The molecular formula is C10H6ClF2N3O. The molecule has 1 heterocycles. The van der Waals surface area contributed by atoms with Crippen molar-refractivity contribution in [2.24, 2.45) is 0 Å². The number of nitrogens with zero attached hydrogens (tertiary/aromatic N) is 2. The zero-order chi connectivity index (χ0) is 12.4. The molecule has 1 aromatic carbocycles. The second-order valence-corrected chi connectivity index (χ2v) is 3.49. The highest BCUT2D eigenvalue weighted by Crippen LogP contribution is 2.26. The minimum atomic E-state index is -0.839. The van der Waals surface area contributed by atoms with Crippen molar-refractivity contribution in [1.82, 2.24) is 9.97 Å². The summed E-state index contributed by atoms with van der Waals surface area (Å²) in [5.74, 6) is -2.39. The van der Waals surface area contributed by atoms with Crippen LogP contribution in [0, 0.1) is 11.6 Å². The molecule has 0 saturated carbocycles. The first-order valence-corrected chi connectivity index (χ1v) is 4.85. The van der Waals surface area contributed by atoms with E-state index in [1.54, 1.807) is 0 Å². The minimum absolute atomic E-state index is 0.171. The molecule has 2 rings (SSSR count). The fraction of sp³-hybridized carbons (Fsp3) is 0. The van der Waals surface area contributed by atoms with E-state index in [0.29, 0.717) is 0 Å². The zero-order valence-electron chi connectivity index (χ0n) is 8.32. The van der Waals surface area contributed by atoms with Crippen molar-refractivity contribution in [3.63, 3.8) is 0 Å². The predicted octanol–water partition coefficient (Wildman–Crippen LogP) is 2.78. The molecule has 0 aliphatic carbocycles. The Hall–Kier alpha value is -1.95. The standard InChI is InChI=1S/C10H6ClF2N3O/c11-5-1-2-8(6(12)3-5)17-9-7(13)4-15-10(14)16-9/h1-4H,(H2,14,15,16). The minimum Gasteiger partial charge on any atom is -0.433 e. The Morgan fingerprint density at radius 3 is 2.71 bits per heavy atom. The highest BCUT2D eigenvalue weighted by atomic mass is 35.5. The molecule has 0 amide bonds. The molecule has 0 aliphatic heterocycles. The summed E-state index contributed by atoms with van der Waals surface area (Å²) in [6.45, 7) is 0. The summed E-state index contributed by atoms with van der Waals surface area (Å²) in [7, 11) is 0. The van der Waals surface area contributed by atoms with Crippen molar-refractivity contribution < 1.29 is 13.5 Å². The number of hydrogen-bond donors (Lipinski definition) is 1. The van der Waals surface area contributed by atoms with Gasteiger partial charge in [-0.25, -0.2) is 9.37 Å². The van der Waals surface area contributed by atoms with E-state index < -0.39 is 17.5 Å². The van der Waals surface area contributed by atoms with Gasteiger partial charge in [0.25, 0.3) is 5.88 Å². The number of rotatable bonds is 2. The first-order chi connectivity index (χ1) is 8.06. The normalized spacial score (nSPS) is 10.3. The number of nitrogen functional groups attached to an aromatic ring is 1. The Balaban J connectivity index is 2.34. The van der Waals surface area contributed by atoms with E-state index in [1.807, 2.05) is 0 Å². The smallest absolute Gasteiger partial charge is 0.260 e. The van der Waals surface area contributed by atoms with E-state index in [4.69, 9.17) is 22.1 Å². The van der Waals surface area contributed by atoms with Crippen molar-refractivity contribution in [2.75, 3.05) is 5.73 Å². The van der Waals surface area contributed by atoms with E-state index in [-0.39, 0.29) is 16.7 Å². The molecule has 0 atom stereocenters. The van der Waals surface area contributed by atoms with Gasteiger partial charge >= 0.3 is 0 Å². The second-order valence-electron chi connectivity index (χ2n) is 3.06. The van der Waals surface area contributed by atoms with Crippen molar-refractivity contribution >= 4 is 17.5 Å². The fourth-order valence-electron chi connectivity index (χ4n) is 1.10. The van der Waals surface area contributed by atoms with Gasteiger partial charge in [0.05, 0.1) is 6.20 Å². The van der Waals surface area contributed by atoms with E-state index >= 15 is 0 Å². The van der Waals surface area contributed by atoms with Crippen LogP contribution in [0.25, 0.3) is 0 Å². The van der Waals surface area contributed by atoms with Gasteiger partial charge in [-0.3, -0.25) is 0 Å². The summed E-state index contributed by atoms with van der Waals surface area (Å²) in [5.41, 5.74) is 5.26. The molecular weight excluding hydrogens is 252 g/mol. The van der Waals surface area contributed by atoms with Crippen LogP contribution in [0.4, 0.5) is 14.7 Å². The molecule has 17 heavy (non-hydrogen) atoms. The largest absolute Gasteiger partial charge is 0.433 e. The Morgan fingerprint density at radius 2 is 2.00 bits per heavy atom. The van der Waals surface area contributed by atoms with Gasteiger partial charge in [-0.15, -0.1) is 0 Å². The molecule has 0 aliphatic rings. The van der Waals surface area contributed by atoms with Gasteiger partial charge in [0.15, 0.2) is 11.6 Å². The molecule has 88 valence electrons. The van der Waals surface area contributed by atoms with E-state index in [1.165, 1.54) is 12.1 Å². The van der Waals surface area contributed by atoms with Gasteiger partial charge in [0.2, 0.25) is 11.8 Å². The Labute approximate surface area is 100 Å². The van der Waals surface area contributed by atoms with Crippen molar-refractivity contribution in [3.05, 3.63) is 41.1 Å². The Bertz CT molecular complexity index is 565. The van der Waals surface area contributed by atoms with Crippen molar-refractivity contribution in [1.29, 1.82) is 0 Å². The number of halogens is 3. The van der Waals surface area contributed by atoms with Crippen LogP contribution >= 0.6 is 11.6 Å². The van der Waals surface area contributed by atoms with Crippen LogP contribution in [0.2, 0.25) is 5.02 Å². The number of hydrogen-bond acceptors (Lipinski definition) is 4. The number of nitrogens with two attached hydrogens (primary N) is 1. The number of anilines is 1. The third-order valence-electron chi connectivity index (χ3n) is 1.83. The van der Waals surface area contributed by atoms with E-state index in [9.17, 15) is 8.78 Å². The average Bonchev–Trinajstić information content (AvgIpc) is 2.27. The van der Waals surface area contributed by atoms with Crippen molar-refractivity contribution in [3.8, 4) is 11.6 Å². The molecule has 0 saturated heterocycles. The lowest BCUT2D eigenvalue weighted by molar-refractivity contribution is 0.397. The maximum atomic E-state index is 13.4. The van der Waals surface area contributed by atoms with Gasteiger partial charge in [0.1, 0.15) is 0 Å². The monoisotopic (exact) mass is 257 g/mol. The fourth-order valence-corrected chi connectivity index (χ4v) is 1.26. The molecule has 0 bridgehead atoms. The van der Waals surface area contributed by atoms with Crippen LogP contribution in [-0.2, 0) is 0 Å². The van der Waals surface area contributed by atoms with Crippen LogP contribution in [0.15, 0.2) is 24.4 Å². The first kappa shape index (κ1) is 11.5. The van der Waals surface area contributed by atoms with Crippen molar-refractivity contribution in [2.45, 2.75) is 0 Å². The van der Waals surface area contributed by atoms with Gasteiger partial charge < -0.3 is 10.5 Å². The molecule has 2 N–H and O–H groups in total. The Kier molecular flexibility index (Phi) is 3.06.